The van der Waals surface area contributed by atoms with Gasteiger partial charge in [-0.25, -0.2) is 15.0 Å². The van der Waals surface area contributed by atoms with Crippen molar-refractivity contribution in [3.05, 3.63) is 35.5 Å². The molecule has 3 rings (SSSR count). The van der Waals surface area contributed by atoms with Crippen LogP contribution in [0.2, 0.25) is 0 Å². The van der Waals surface area contributed by atoms with Crippen molar-refractivity contribution < 1.29 is 18.3 Å². The molecule has 1 aliphatic rings. The van der Waals surface area contributed by atoms with Crippen molar-refractivity contribution in [2.75, 3.05) is 10.6 Å². The number of aromatic nitrogens is 4. The Morgan fingerprint density at radius 1 is 1.32 bits per heavy atom. The van der Waals surface area contributed by atoms with E-state index in [9.17, 15) is 23.5 Å². The van der Waals surface area contributed by atoms with E-state index in [-0.39, 0.29) is 35.5 Å². The molecule has 0 amide bonds. The number of alkyl halides is 3. The summed E-state index contributed by atoms with van der Waals surface area (Å²) in [6.45, 7) is 3.53. The molecule has 1 fully saturated rings. The SMILES string of the molecule is CC1(C)[C@@H](O)C[C@H]1Nc1nc(NCc2cncnc2C(F)(F)F)ncc1C#N. The highest BCUT2D eigenvalue weighted by molar-refractivity contribution is 5.54. The Morgan fingerprint density at radius 3 is 2.68 bits per heavy atom. The van der Waals surface area contributed by atoms with Gasteiger partial charge >= 0.3 is 6.18 Å². The number of nitrogens with one attached hydrogen (secondary N) is 2. The molecule has 8 nitrogen and oxygen atoms in total. The molecular weight excluding hydrogens is 375 g/mol. The second-order valence-corrected chi connectivity index (χ2v) is 7.09. The molecule has 2 aromatic rings. The molecule has 2 atom stereocenters. The van der Waals surface area contributed by atoms with E-state index < -0.39 is 23.4 Å². The lowest BCUT2D eigenvalue weighted by atomic mass is 9.64. The first-order chi connectivity index (χ1) is 13.1. The third kappa shape index (κ3) is 3.82. The molecule has 3 N–H and O–H groups in total. The van der Waals surface area contributed by atoms with E-state index >= 15 is 0 Å². The maximum Gasteiger partial charge on any atom is 0.433 e. The molecule has 0 aliphatic heterocycles. The van der Waals surface area contributed by atoms with Crippen LogP contribution in [0.1, 0.15) is 37.1 Å². The van der Waals surface area contributed by atoms with Crippen LogP contribution in [0.25, 0.3) is 0 Å². The second-order valence-electron chi connectivity index (χ2n) is 7.09. The third-order valence-corrected chi connectivity index (χ3v) is 4.93. The van der Waals surface area contributed by atoms with Gasteiger partial charge in [0, 0.05) is 29.8 Å². The van der Waals surface area contributed by atoms with E-state index in [4.69, 9.17) is 0 Å². The smallest absolute Gasteiger partial charge is 0.392 e. The number of aliphatic hydroxyl groups excluding tert-OH is 1. The van der Waals surface area contributed by atoms with Crippen molar-refractivity contribution in [2.24, 2.45) is 5.41 Å². The summed E-state index contributed by atoms with van der Waals surface area (Å²) in [5.74, 6) is 0.307. The number of anilines is 2. The van der Waals surface area contributed by atoms with Crippen LogP contribution in [-0.4, -0.2) is 37.2 Å². The van der Waals surface area contributed by atoms with Crippen LogP contribution >= 0.6 is 0 Å². The van der Waals surface area contributed by atoms with Crippen molar-refractivity contribution in [2.45, 2.75) is 45.1 Å². The van der Waals surface area contributed by atoms with Gasteiger partial charge in [0.15, 0.2) is 5.69 Å². The largest absolute Gasteiger partial charge is 0.433 e. The molecule has 0 saturated heterocycles. The van der Waals surface area contributed by atoms with E-state index in [1.54, 1.807) is 0 Å². The standard InChI is InChI=1S/C17H18F3N7O/c1-16(2)11(3-12(16)28)26-14-9(4-21)6-23-15(27-14)24-7-10-5-22-8-25-13(10)17(18,19)20/h5-6,8,11-12,28H,3,7H2,1-2H3,(H2,23,24,26,27)/t11-,12+/m1/s1. The Labute approximate surface area is 158 Å². The van der Waals surface area contributed by atoms with Gasteiger partial charge in [-0.05, 0) is 6.42 Å². The zero-order chi connectivity index (χ0) is 20.5. The number of rotatable bonds is 5. The lowest BCUT2D eigenvalue weighted by Crippen LogP contribution is -2.57. The zero-order valence-corrected chi connectivity index (χ0v) is 15.1. The maximum absolute atomic E-state index is 13.0. The van der Waals surface area contributed by atoms with Crippen LogP contribution in [0, 0.1) is 16.7 Å². The number of nitriles is 1. The first-order valence-corrected chi connectivity index (χ1v) is 8.44. The number of halogens is 3. The molecule has 11 heteroatoms. The highest BCUT2D eigenvalue weighted by Crippen LogP contribution is 2.42. The van der Waals surface area contributed by atoms with Crippen LogP contribution in [-0.2, 0) is 12.7 Å². The molecule has 1 aliphatic carbocycles. The number of nitrogens with zero attached hydrogens (tertiary/aromatic N) is 5. The Hall–Kier alpha value is -3.00. The van der Waals surface area contributed by atoms with E-state index in [1.807, 2.05) is 19.9 Å². The van der Waals surface area contributed by atoms with E-state index in [1.165, 1.54) is 6.20 Å². The van der Waals surface area contributed by atoms with Crippen molar-refractivity contribution in [1.29, 1.82) is 5.26 Å². The fraction of sp³-hybridized carbons (Fsp3) is 0.471. The normalized spacial score (nSPS) is 20.8. The minimum absolute atomic E-state index is 0.0520. The first kappa shape index (κ1) is 19.8. The van der Waals surface area contributed by atoms with E-state index in [0.717, 1.165) is 12.5 Å². The average molecular weight is 393 g/mol. The fourth-order valence-electron chi connectivity index (χ4n) is 2.89. The summed E-state index contributed by atoms with van der Waals surface area (Å²) in [6.07, 6.45) is -1.37. The number of hydrogen-bond acceptors (Lipinski definition) is 8. The minimum Gasteiger partial charge on any atom is -0.392 e. The highest BCUT2D eigenvalue weighted by atomic mass is 19.4. The summed E-state index contributed by atoms with van der Waals surface area (Å²) in [4.78, 5) is 15.1. The van der Waals surface area contributed by atoms with Gasteiger partial charge in [-0.3, -0.25) is 0 Å². The first-order valence-electron chi connectivity index (χ1n) is 8.44. The van der Waals surface area contributed by atoms with Crippen molar-refractivity contribution in [1.82, 2.24) is 19.9 Å². The predicted octanol–water partition coefficient (Wildman–Crippen LogP) is 2.34. The van der Waals surface area contributed by atoms with Gasteiger partial charge in [0.1, 0.15) is 23.8 Å². The van der Waals surface area contributed by atoms with E-state index in [2.05, 4.69) is 30.6 Å². The third-order valence-electron chi connectivity index (χ3n) is 4.93. The van der Waals surface area contributed by atoms with Crippen LogP contribution in [0.15, 0.2) is 18.7 Å². The van der Waals surface area contributed by atoms with E-state index in [0.29, 0.717) is 6.42 Å². The molecule has 0 spiro atoms. The Kier molecular flexibility index (Phi) is 5.08. The molecule has 0 radical (unpaired) electrons. The lowest BCUT2D eigenvalue weighted by molar-refractivity contribution is -0.141. The van der Waals surface area contributed by atoms with Crippen LogP contribution in [0.4, 0.5) is 24.9 Å². The average Bonchev–Trinajstić information content (AvgIpc) is 2.65. The van der Waals surface area contributed by atoms with Crippen molar-refractivity contribution in [3.63, 3.8) is 0 Å². The van der Waals surface area contributed by atoms with Gasteiger partial charge in [-0.2, -0.15) is 23.4 Å². The summed E-state index contributed by atoms with van der Waals surface area (Å²) in [6, 6.07) is 1.87. The minimum atomic E-state index is -4.60. The molecule has 148 valence electrons. The fourth-order valence-corrected chi connectivity index (χ4v) is 2.89. The van der Waals surface area contributed by atoms with Gasteiger partial charge in [0.2, 0.25) is 5.95 Å². The summed E-state index contributed by atoms with van der Waals surface area (Å²) in [5.41, 5.74) is -1.39. The summed E-state index contributed by atoms with van der Waals surface area (Å²) < 4.78 is 39.0. The molecule has 0 aromatic carbocycles. The molecular formula is C17H18F3N7O. The molecule has 0 unspecified atom stereocenters. The van der Waals surface area contributed by atoms with Crippen LogP contribution in [0.5, 0.6) is 0 Å². The molecule has 1 saturated carbocycles. The Morgan fingerprint density at radius 2 is 2.07 bits per heavy atom. The second kappa shape index (κ2) is 7.20. The molecule has 28 heavy (non-hydrogen) atoms. The van der Waals surface area contributed by atoms with Crippen molar-refractivity contribution >= 4 is 11.8 Å². The summed E-state index contributed by atoms with van der Waals surface area (Å²) in [5, 5.41) is 24.9. The monoisotopic (exact) mass is 393 g/mol. The molecule has 0 bridgehead atoms. The van der Waals surface area contributed by atoms with Gasteiger partial charge in [-0.1, -0.05) is 13.8 Å². The molecule has 2 aromatic heterocycles. The maximum atomic E-state index is 13.0. The van der Waals surface area contributed by atoms with Crippen LogP contribution in [0.3, 0.4) is 0 Å². The molecule has 2 heterocycles. The van der Waals surface area contributed by atoms with Gasteiger partial charge < -0.3 is 15.7 Å². The Bertz CT molecular complexity index is 910. The van der Waals surface area contributed by atoms with Gasteiger partial charge in [-0.15, -0.1) is 0 Å². The quantitative estimate of drug-likeness (QED) is 0.708. The number of aliphatic hydroxyl groups is 1. The van der Waals surface area contributed by atoms with Crippen LogP contribution < -0.4 is 10.6 Å². The number of hydrogen-bond donors (Lipinski definition) is 3. The summed E-state index contributed by atoms with van der Waals surface area (Å²) >= 11 is 0. The van der Waals surface area contributed by atoms with Gasteiger partial charge in [0.05, 0.1) is 12.3 Å². The van der Waals surface area contributed by atoms with Crippen molar-refractivity contribution in [3.8, 4) is 6.07 Å². The zero-order valence-electron chi connectivity index (χ0n) is 15.1. The highest BCUT2D eigenvalue weighted by Gasteiger charge is 2.47. The lowest BCUT2D eigenvalue weighted by Gasteiger charge is -2.49. The topological polar surface area (TPSA) is 120 Å². The summed E-state index contributed by atoms with van der Waals surface area (Å²) in [7, 11) is 0. The predicted molar refractivity (Wildman–Crippen MR) is 92.9 cm³/mol. The van der Waals surface area contributed by atoms with Gasteiger partial charge in [0.25, 0.3) is 0 Å². The Balaban J connectivity index is 1.77.